The second kappa shape index (κ2) is 5.92. The highest BCUT2D eigenvalue weighted by molar-refractivity contribution is 6.22. The number of hydrogen-bond acceptors (Lipinski definition) is 4. The standard InChI is InChI=1S/C14H13FN2O5/c1-16-10(18)6-5-9(14(21)22)17-12(19)7-3-2-4-8(15)11(7)13(17)20/h2-4,9H,5-6H2,1H3,(H,16,18)(H,21,22). The molecule has 0 bridgehead atoms. The molecule has 7 nitrogen and oxygen atoms in total. The van der Waals surface area contributed by atoms with Crippen LogP contribution in [0.2, 0.25) is 0 Å². The number of hydrogen-bond donors (Lipinski definition) is 2. The predicted octanol–water partition coefficient (Wildman–Crippen LogP) is 0.401. The number of nitrogens with one attached hydrogen (secondary N) is 1. The third-order valence-electron chi connectivity index (χ3n) is 3.42. The quantitative estimate of drug-likeness (QED) is 0.766. The van der Waals surface area contributed by atoms with E-state index < -0.39 is 41.1 Å². The van der Waals surface area contributed by atoms with Crippen LogP contribution in [-0.2, 0) is 9.59 Å². The summed E-state index contributed by atoms with van der Waals surface area (Å²) < 4.78 is 13.7. The molecule has 0 saturated heterocycles. The largest absolute Gasteiger partial charge is 0.480 e. The van der Waals surface area contributed by atoms with E-state index >= 15 is 0 Å². The second-order valence-electron chi connectivity index (χ2n) is 4.71. The summed E-state index contributed by atoms with van der Waals surface area (Å²) in [5.74, 6) is -4.60. The number of carbonyl (C=O) groups is 4. The summed E-state index contributed by atoms with van der Waals surface area (Å²) in [6.07, 6.45) is -0.425. The fourth-order valence-corrected chi connectivity index (χ4v) is 2.30. The van der Waals surface area contributed by atoms with Crippen molar-refractivity contribution >= 4 is 23.7 Å². The van der Waals surface area contributed by atoms with Gasteiger partial charge in [0.2, 0.25) is 5.91 Å². The molecule has 1 atom stereocenters. The number of carbonyl (C=O) groups excluding carboxylic acids is 3. The average molecular weight is 308 g/mol. The molecule has 8 heteroatoms. The number of nitrogens with zero attached hydrogens (tertiary/aromatic N) is 1. The summed E-state index contributed by atoms with van der Waals surface area (Å²) in [7, 11) is 1.38. The van der Waals surface area contributed by atoms with Crippen LogP contribution >= 0.6 is 0 Å². The van der Waals surface area contributed by atoms with Gasteiger partial charge in [0.1, 0.15) is 11.9 Å². The van der Waals surface area contributed by atoms with Crippen LogP contribution in [0.4, 0.5) is 4.39 Å². The van der Waals surface area contributed by atoms with E-state index in [0.717, 1.165) is 6.07 Å². The summed E-state index contributed by atoms with van der Waals surface area (Å²) in [6, 6.07) is 2.02. The lowest BCUT2D eigenvalue weighted by molar-refractivity contribution is -0.142. The summed E-state index contributed by atoms with van der Waals surface area (Å²) in [5, 5.41) is 11.5. The number of amides is 3. The van der Waals surface area contributed by atoms with Crippen LogP contribution in [0.3, 0.4) is 0 Å². The number of rotatable bonds is 5. The zero-order valence-corrected chi connectivity index (χ0v) is 11.6. The van der Waals surface area contributed by atoms with Gasteiger partial charge in [-0.25, -0.2) is 9.18 Å². The second-order valence-corrected chi connectivity index (χ2v) is 4.71. The van der Waals surface area contributed by atoms with Crippen LogP contribution in [0.5, 0.6) is 0 Å². The normalized spacial score (nSPS) is 14.7. The van der Waals surface area contributed by atoms with E-state index in [1.165, 1.54) is 19.2 Å². The Morgan fingerprint density at radius 2 is 2.00 bits per heavy atom. The SMILES string of the molecule is CNC(=O)CCC(C(=O)O)N1C(=O)c2cccc(F)c2C1=O. The first-order valence-corrected chi connectivity index (χ1v) is 6.48. The maximum absolute atomic E-state index is 13.7. The first-order valence-electron chi connectivity index (χ1n) is 6.48. The minimum atomic E-state index is -1.52. The monoisotopic (exact) mass is 308 g/mol. The Morgan fingerprint density at radius 1 is 1.32 bits per heavy atom. The van der Waals surface area contributed by atoms with Crippen molar-refractivity contribution in [3.05, 3.63) is 35.1 Å². The number of halogens is 1. The maximum atomic E-state index is 13.7. The molecule has 0 fully saturated rings. The fourth-order valence-electron chi connectivity index (χ4n) is 2.30. The minimum Gasteiger partial charge on any atom is -0.480 e. The van der Waals surface area contributed by atoms with Crippen molar-refractivity contribution in [1.29, 1.82) is 0 Å². The van der Waals surface area contributed by atoms with E-state index in [1.807, 2.05) is 0 Å². The Balaban J connectivity index is 2.33. The van der Waals surface area contributed by atoms with Gasteiger partial charge >= 0.3 is 5.97 Å². The van der Waals surface area contributed by atoms with Gasteiger partial charge in [-0.1, -0.05) is 6.07 Å². The third kappa shape index (κ3) is 2.54. The lowest BCUT2D eigenvalue weighted by Gasteiger charge is -2.22. The van der Waals surface area contributed by atoms with Crippen molar-refractivity contribution in [3.8, 4) is 0 Å². The van der Waals surface area contributed by atoms with Gasteiger partial charge in [0.25, 0.3) is 11.8 Å². The Hall–Kier alpha value is -2.77. The number of fused-ring (bicyclic) bond motifs is 1. The summed E-state index contributed by atoms with van der Waals surface area (Å²) in [4.78, 5) is 47.5. The van der Waals surface area contributed by atoms with E-state index in [-0.39, 0.29) is 18.4 Å². The van der Waals surface area contributed by atoms with Gasteiger partial charge in [-0.15, -0.1) is 0 Å². The highest BCUT2D eigenvalue weighted by Crippen LogP contribution is 2.28. The fraction of sp³-hybridized carbons (Fsp3) is 0.286. The number of benzene rings is 1. The van der Waals surface area contributed by atoms with Crippen molar-refractivity contribution in [2.75, 3.05) is 7.05 Å². The van der Waals surface area contributed by atoms with E-state index in [4.69, 9.17) is 0 Å². The molecule has 0 aliphatic carbocycles. The molecular formula is C14H13FN2O5. The van der Waals surface area contributed by atoms with Crippen molar-refractivity contribution < 1.29 is 28.7 Å². The van der Waals surface area contributed by atoms with Crippen LogP contribution in [0.15, 0.2) is 18.2 Å². The third-order valence-corrected chi connectivity index (χ3v) is 3.42. The van der Waals surface area contributed by atoms with Crippen molar-refractivity contribution in [1.82, 2.24) is 10.2 Å². The lowest BCUT2D eigenvalue weighted by Crippen LogP contribution is -2.45. The van der Waals surface area contributed by atoms with E-state index in [1.54, 1.807) is 0 Å². The Morgan fingerprint density at radius 3 is 2.55 bits per heavy atom. The molecule has 1 aliphatic heterocycles. The van der Waals surface area contributed by atoms with Crippen LogP contribution in [0.1, 0.15) is 33.6 Å². The Bertz CT molecular complexity index is 673. The molecule has 1 aromatic rings. The molecular weight excluding hydrogens is 295 g/mol. The molecule has 3 amide bonds. The first kappa shape index (κ1) is 15.6. The molecule has 116 valence electrons. The van der Waals surface area contributed by atoms with Crippen LogP contribution < -0.4 is 5.32 Å². The molecule has 0 aromatic heterocycles. The zero-order chi connectivity index (χ0) is 16.4. The van der Waals surface area contributed by atoms with Gasteiger partial charge in [0.05, 0.1) is 11.1 Å². The number of imide groups is 1. The van der Waals surface area contributed by atoms with Gasteiger partial charge in [-0.2, -0.15) is 0 Å². The molecule has 0 saturated carbocycles. The van der Waals surface area contributed by atoms with Crippen molar-refractivity contribution in [3.63, 3.8) is 0 Å². The molecule has 1 heterocycles. The Kier molecular flexibility index (Phi) is 4.20. The highest BCUT2D eigenvalue weighted by atomic mass is 19.1. The van der Waals surface area contributed by atoms with Gasteiger partial charge in [0, 0.05) is 13.5 Å². The van der Waals surface area contributed by atoms with E-state index in [2.05, 4.69) is 5.32 Å². The van der Waals surface area contributed by atoms with Crippen LogP contribution in [0, 0.1) is 5.82 Å². The Labute approximate surface area is 124 Å². The lowest BCUT2D eigenvalue weighted by atomic mass is 10.1. The van der Waals surface area contributed by atoms with Crippen LogP contribution in [0.25, 0.3) is 0 Å². The molecule has 1 aliphatic rings. The first-order chi connectivity index (χ1) is 10.4. The molecule has 0 spiro atoms. The topological polar surface area (TPSA) is 104 Å². The smallest absolute Gasteiger partial charge is 0.326 e. The van der Waals surface area contributed by atoms with Gasteiger partial charge in [-0.05, 0) is 18.6 Å². The zero-order valence-electron chi connectivity index (χ0n) is 11.6. The molecule has 0 radical (unpaired) electrons. The maximum Gasteiger partial charge on any atom is 0.326 e. The summed E-state index contributed by atoms with van der Waals surface area (Å²) in [5.41, 5.74) is -0.602. The van der Waals surface area contributed by atoms with Crippen molar-refractivity contribution in [2.24, 2.45) is 0 Å². The number of aliphatic carboxylic acids is 1. The average Bonchev–Trinajstić information content (AvgIpc) is 2.73. The number of carboxylic acid groups (broad SMARTS) is 1. The van der Waals surface area contributed by atoms with Crippen molar-refractivity contribution in [2.45, 2.75) is 18.9 Å². The number of carboxylic acids is 1. The molecule has 1 unspecified atom stereocenters. The molecule has 22 heavy (non-hydrogen) atoms. The summed E-state index contributed by atoms with van der Waals surface area (Å²) in [6.45, 7) is 0. The minimum absolute atomic E-state index is 0.170. The van der Waals surface area contributed by atoms with Gasteiger partial charge in [-0.3, -0.25) is 19.3 Å². The van der Waals surface area contributed by atoms with E-state index in [0.29, 0.717) is 4.90 Å². The highest BCUT2D eigenvalue weighted by Gasteiger charge is 2.44. The van der Waals surface area contributed by atoms with Gasteiger partial charge < -0.3 is 10.4 Å². The van der Waals surface area contributed by atoms with E-state index in [9.17, 15) is 28.7 Å². The molecule has 2 N–H and O–H groups in total. The predicted molar refractivity (Wildman–Crippen MR) is 71.6 cm³/mol. The molecule has 1 aromatic carbocycles. The molecule has 2 rings (SSSR count). The summed E-state index contributed by atoms with van der Waals surface area (Å²) >= 11 is 0. The van der Waals surface area contributed by atoms with Crippen LogP contribution in [-0.4, -0.2) is 46.8 Å². The van der Waals surface area contributed by atoms with Gasteiger partial charge in [0.15, 0.2) is 0 Å².